The van der Waals surface area contributed by atoms with Gasteiger partial charge in [-0.15, -0.1) is 0 Å². The smallest absolute Gasteiger partial charge is 0.305 e. The van der Waals surface area contributed by atoms with Gasteiger partial charge in [0.2, 0.25) is 0 Å². The first-order valence-corrected chi connectivity index (χ1v) is 5.34. The predicted octanol–water partition coefficient (Wildman–Crippen LogP) is 2.00. The number of ketones is 1. The third-order valence-corrected chi connectivity index (χ3v) is 2.04. The fourth-order valence-electron chi connectivity index (χ4n) is 1.28. The molecule has 0 unspecified atom stereocenters. The molecule has 0 aliphatic heterocycles. The van der Waals surface area contributed by atoms with E-state index in [1.165, 1.54) is 0 Å². The average molecular weight is 221 g/mol. The SMILES string of the molecule is CCOC(=O)CCCC(=O)c1ccccn1. The van der Waals surface area contributed by atoms with Crippen LogP contribution in [0.3, 0.4) is 0 Å². The van der Waals surface area contributed by atoms with E-state index < -0.39 is 0 Å². The number of carbonyl (C=O) groups excluding carboxylic acids is 2. The molecule has 0 atom stereocenters. The average Bonchev–Trinajstić information content (AvgIpc) is 2.30. The molecule has 86 valence electrons. The highest BCUT2D eigenvalue weighted by Crippen LogP contribution is 2.04. The summed E-state index contributed by atoms with van der Waals surface area (Å²) in [4.78, 5) is 26.5. The lowest BCUT2D eigenvalue weighted by Gasteiger charge is -2.01. The maximum absolute atomic E-state index is 11.6. The Morgan fingerprint density at radius 2 is 2.12 bits per heavy atom. The summed E-state index contributed by atoms with van der Waals surface area (Å²) >= 11 is 0. The van der Waals surface area contributed by atoms with Crippen LogP contribution >= 0.6 is 0 Å². The van der Waals surface area contributed by atoms with Gasteiger partial charge in [-0.25, -0.2) is 0 Å². The Labute approximate surface area is 94.6 Å². The van der Waals surface area contributed by atoms with Crippen LogP contribution in [0.5, 0.6) is 0 Å². The number of nitrogens with zero attached hydrogens (tertiary/aromatic N) is 1. The zero-order valence-corrected chi connectivity index (χ0v) is 9.31. The minimum Gasteiger partial charge on any atom is -0.466 e. The fourth-order valence-corrected chi connectivity index (χ4v) is 1.28. The van der Waals surface area contributed by atoms with E-state index in [2.05, 4.69) is 4.98 Å². The van der Waals surface area contributed by atoms with Gasteiger partial charge in [-0.1, -0.05) is 6.07 Å². The molecule has 0 saturated heterocycles. The normalized spacial score (nSPS) is 9.81. The highest BCUT2D eigenvalue weighted by atomic mass is 16.5. The molecule has 0 N–H and O–H groups in total. The zero-order chi connectivity index (χ0) is 11.8. The molecule has 0 saturated carbocycles. The molecule has 0 aliphatic carbocycles. The van der Waals surface area contributed by atoms with Crippen molar-refractivity contribution in [2.45, 2.75) is 26.2 Å². The molecule has 0 bridgehead atoms. The van der Waals surface area contributed by atoms with Crippen LogP contribution in [-0.2, 0) is 9.53 Å². The zero-order valence-electron chi connectivity index (χ0n) is 9.31. The lowest BCUT2D eigenvalue weighted by Crippen LogP contribution is -2.06. The molecule has 16 heavy (non-hydrogen) atoms. The minimum atomic E-state index is -0.253. The highest BCUT2D eigenvalue weighted by Gasteiger charge is 2.08. The maximum atomic E-state index is 11.6. The van der Waals surface area contributed by atoms with Crippen molar-refractivity contribution in [2.24, 2.45) is 0 Å². The van der Waals surface area contributed by atoms with E-state index in [4.69, 9.17) is 4.74 Å². The number of carbonyl (C=O) groups is 2. The summed E-state index contributed by atoms with van der Waals surface area (Å²) < 4.78 is 4.76. The topological polar surface area (TPSA) is 56.3 Å². The lowest BCUT2D eigenvalue weighted by atomic mass is 10.1. The molecule has 4 heteroatoms. The first-order chi connectivity index (χ1) is 7.74. The van der Waals surface area contributed by atoms with E-state index in [0.29, 0.717) is 25.1 Å². The van der Waals surface area contributed by atoms with Gasteiger partial charge in [0.05, 0.1) is 6.61 Å². The van der Waals surface area contributed by atoms with E-state index in [-0.39, 0.29) is 18.2 Å². The van der Waals surface area contributed by atoms with Crippen molar-refractivity contribution in [1.82, 2.24) is 4.98 Å². The van der Waals surface area contributed by atoms with E-state index in [1.807, 2.05) is 0 Å². The number of esters is 1. The Morgan fingerprint density at radius 3 is 2.75 bits per heavy atom. The van der Waals surface area contributed by atoms with Gasteiger partial charge in [0.15, 0.2) is 5.78 Å². The molecule has 1 aromatic rings. The van der Waals surface area contributed by atoms with Crippen LogP contribution in [0, 0.1) is 0 Å². The number of pyridine rings is 1. The van der Waals surface area contributed by atoms with E-state index in [9.17, 15) is 9.59 Å². The number of hydrogen-bond acceptors (Lipinski definition) is 4. The Kier molecular flexibility index (Phi) is 5.19. The summed E-state index contributed by atoms with van der Waals surface area (Å²) in [5.74, 6) is -0.291. The van der Waals surface area contributed by atoms with Crippen LogP contribution in [0.25, 0.3) is 0 Å². The van der Waals surface area contributed by atoms with Crippen LogP contribution in [0.1, 0.15) is 36.7 Å². The second-order valence-electron chi connectivity index (χ2n) is 3.30. The largest absolute Gasteiger partial charge is 0.466 e. The Balaban J connectivity index is 2.29. The van der Waals surface area contributed by atoms with E-state index in [0.717, 1.165) is 0 Å². The Morgan fingerprint density at radius 1 is 1.31 bits per heavy atom. The number of Topliss-reactive ketones (excluding diaryl/α,β-unsaturated/α-hetero) is 1. The maximum Gasteiger partial charge on any atom is 0.305 e. The first kappa shape index (κ1) is 12.4. The summed E-state index contributed by atoms with van der Waals surface area (Å²) in [5, 5.41) is 0. The van der Waals surface area contributed by atoms with Gasteiger partial charge >= 0.3 is 5.97 Å². The van der Waals surface area contributed by atoms with Crippen molar-refractivity contribution in [2.75, 3.05) is 6.61 Å². The summed E-state index contributed by atoms with van der Waals surface area (Å²) in [6, 6.07) is 5.20. The molecule has 0 spiro atoms. The lowest BCUT2D eigenvalue weighted by molar-refractivity contribution is -0.143. The molecule has 1 heterocycles. The van der Waals surface area contributed by atoms with Gasteiger partial charge in [0, 0.05) is 19.0 Å². The molecule has 0 aromatic carbocycles. The number of rotatable bonds is 6. The van der Waals surface area contributed by atoms with Crippen LogP contribution in [0.2, 0.25) is 0 Å². The van der Waals surface area contributed by atoms with Crippen molar-refractivity contribution in [1.29, 1.82) is 0 Å². The first-order valence-electron chi connectivity index (χ1n) is 5.34. The second-order valence-corrected chi connectivity index (χ2v) is 3.30. The fraction of sp³-hybridized carbons (Fsp3) is 0.417. The van der Waals surface area contributed by atoms with Gasteiger partial charge in [-0.2, -0.15) is 0 Å². The molecule has 0 fully saturated rings. The molecule has 1 rings (SSSR count). The Hall–Kier alpha value is -1.71. The predicted molar refractivity (Wildman–Crippen MR) is 59.1 cm³/mol. The van der Waals surface area contributed by atoms with Gasteiger partial charge < -0.3 is 4.74 Å². The Bertz CT molecular complexity index is 349. The standard InChI is InChI=1S/C12H15NO3/c1-2-16-12(15)8-5-7-11(14)10-6-3-4-9-13-10/h3-4,6,9H,2,5,7-8H2,1H3. The van der Waals surface area contributed by atoms with Crippen molar-refractivity contribution in [3.8, 4) is 0 Å². The highest BCUT2D eigenvalue weighted by molar-refractivity contribution is 5.94. The molecular weight excluding hydrogens is 206 g/mol. The molecule has 4 nitrogen and oxygen atoms in total. The van der Waals surface area contributed by atoms with Crippen molar-refractivity contribution in [3.63, 3.8) is 0 Å². The van der Waals surface area contributed by atoms with Crippen LogP contribution in [0.4, 0.5) is 0 Å². The second kappa shape index (κ2) is 6.71. The van der Waals surface area contributed by atoms with Gasteiger partial charge in [-0.3, -0.25) is 14.6 Å². The van der Waals surface area contributed by atoms with Gasteiger partial charge in [-0.05, 0) is 25.5 Å². The van der Waals surface area contributed by atoms with Crippen LogP contribution in [-0.4, -0.2) is 23.3 Å². The molecular formula is C12H15NO3. The van der Waals surface area contributed by atoms with Crippen LogP contribution < -0.4 is 0 Å². The van der Waals surface area contributed by atoms with Crippen molar-refractivity contribution >= 4 is 11.8 Å². The third-order valence-electron chi connectivity index (χ3n) is 2.04. The van der Waals surface area contributed by atoms with Gasteiger partial charge in [0.25, 0.3) is 0 Å². The summed E-state index contributed by atoms with van der Waals surface area (Å²) in [5.41, 5.74) is 0.450. The summed E-state index contributed by atoms with van der Waals surface area (Å²) in [6.45, 7) is 2.14. The molecule has 0 amide bonds. The quantitative estimate of drug-likeness (QED) is 0.544. The number of hydrogen-bond donors (Lipinski definition) is 0. The number of aromatic nitrogens is 1. The van der Waals surface area contributed by atoms with Crippen molar-refractivity contribution < 1.29 is 14.3 Å². The summed E-state index contributed by atoms with van der Waals surface area (Å²) in [6.07, 6.45) is 2.70. The van der Waals surface area contributed by atoms with Crippen LogP contribution in [0.15, 0.2) is 24.4 Å². The number of ether oxygens (including phenoxy) is 1. The van der Waals surface area contributed by atoms with E-state index >= 15 is 0 Å². The van der Waals surface area contributed by atoms with Crippen molar-refractivity contribution in [3.05, 3.63) is 30.1 Å². The minimum absolute atomic E-state index is 0.0371. The van der Waals surface area contributed by atoms with Gasteiger partial charge in [0.1, 0.15) is 5.69 Å². The van der Waals surface area contributed by atoms with E-state index in [1.54, 1.807) is 31.3 Å². The molecule has 0 radical (unpaired) electrons. The molecule has 1 aromatic heterocycles. The monoisotopic (exact) mass is 221 g/mol. The third kappa shape index (κ3) is 4.21. The molecule has 0 aliphatic rings. The summed E-state index contributed by atoms with van der Waals surface area (Å²) in [7, 11) is 0.